The maximum absolute atomic E-state index is 12.7. The van der Waals surface area contributed by atoms with E-state index in [4.69, 9.17) is 5.26 Å². The zero-order valence-corrected chi connectivity index (χ0v) is 13.9. The lowest BCUT2D eigenvalue weighted by Crippen LogP contribution is -2.48. The van der Waals surface area contributed by atoms with E-state index in [-0.39, 0.29) is 17.9 Å². The predicted octanol–water partition coefficient (Wildman–Crippen LogP) is 2.50. The summed E-state index contributed by atoms with van der Waals surface area (Å²) >= 11 is 1.27. The Kier molecular flexibility index (Phi) is 7.10. The number of hydrogen-bond acceptors (Lipinski definition) is 4. The average Bonchev–Trinajstić information content (AvgIpc) is 2.54. The zero-order chi connectivity index (χ0) is 18.3. The van der Waals surface area contributed by atoms with Gasteiger partial charge in [0.05, 0.1) is 5.56 Å². The molecule has 2 amide bonds. The molecule has 5 nitrogen and oxygen atoms in total. The third-order valence-electron chi connectivity index (χ3n) is 3.09. The van der Waals surface area contributed by atoms with Crippen molar-refractivity contribution in [1.82, 2.24) is 10.2 Å². The molecule has 9 heteroatoms. The lowest BCUT2D eigenvalue weighted by atomic mass is 10.1. The summed E-state index contributed by atoms with van der Waals surface area (Å²) in [4.78, 5) is 25.2. The van der Waals surface area contributed by atoms with Crippen molar-refractivity contribution in [3.8, 4) is 6.19 Å². The lowest BCUT2D eigenvalue weighted by Gasteiger charge is -2.21. The molecular formula is C15H16F3N3O2S. The monoisotopic (exact) mass is 359 g/mol. The van der Waals surface area contributed by atoms with Crippen LogP contribution in [0, 0.1) is 11.5 Å². The van der Waals surface area contributed by atoms with Crippen molar-refractivity contribution in [3.05, 3.63) is 35.4 Å². The van der Waals surface area contributed by atoms with E-state index in [1.807, 2.05) is 0 Å². The third-order valence-corrected chi connectivity index (χ3v) is 3.76. The minimum atomic E-state index is -4.56. The molecule has 0 fully saturated rings. The summed E-state index contributed by atoms with van der Waals surface area (Å²) in [6, 6.07) is 2.93. The number of likely N-dealkylation sites (N-methyl/N-ethyl adjacent to an activating group) is 1. The molecule has 1 aromatic carbocycles. The summed E-state index contributed by atoms with van der Waals surface area (Å²) in [6.07, 6.45) is -1.15. The maximum Gasteiger partial charge on any atom is 0.416 e. The number of nitrogens with one attached hydrogen (secondary N) is 1. The maximum atomic E-state index is 12.7. The fourth-order valence-electron chi connectivity index (χ4n) is 1.88. The van der Waals surface area contributed by atoms with Gasteiger partial charge in [-0.3, -0.25) is 9.59 Å². The van der Waals surface area contributed by atoms with Crippen LogP contribution in [0.3, 0.4) is 0 Å². The van der Waals surface area contributed by atoms with Crippen molar-refractivity contribution in [1.29, 1.82) is 5.26 Å². The summed E-state index contributed by atoms with van der Waals surface area (Å²) in [5.41, 5.74) is -1.15. The fraction of sp³-hybridized carbons (Fsp3) is 0.400. The van der Waals surface area contributed by atoms with Gasteiger partial charge in [0.25, 0.3) is 11.8 Å². The Labute approximate surface area is 141 Å². The van der Waals surface area contributed by atoms with E-state index in [1.54, 1.807) is 19.4 Å². The first-order valence-corrected chi connectivity index (χ1v) is 8.32. The van der Waals surface area contributed by atoms with Crippen molar-refractivity contribution in [2.45, 2.75) is 19.1 Å². The highest BCUT2D eigenvalue weighted by Crippen LogP contribution is 2.29. The van der Waals surface area contributed by atoms with Gasteiger partial charge >= 0.3 is 6.18 Å². The predicted molar refractivity (Wildman–Crippen MR) is 84.1 cm³/mol. The first kappa shape index (κ1) is 19.8. The molecule has 0 spiro atoms. The van der Waals surface area contributed by atoms with Crippen LogP contribution in [0.1, 0.15) is 22.8 Å². The number of hydrogen-bond donors (Lipinski definition) is 1. The molecule has 0 aliphatic heterocycles. The van der Waals surface area contributed by atoms with Crippen molar-refractivity contribution < 1.29 is 22.8 Å². The van der Waals surface area contributed by atoms with Crippen LogP contribution in [0.5, 0.6) is 0 Å². The second-order valence-corrected chi connectivity index (χ2v) is 5.65. The van der Waals surface area contributed by atoms with Gasteiger partial charge < -0.3 is 5.32 Å². The molecule has 0 aromatic heterocycles. The lowest BCUT2D eigenvalue weighted by molar-refractivity contribution is -0.137. The number of alkyl halides is 3. The minimum absolute atomic E-state index is 0.139. The van der Waals surface area contributed by atoms with E-state index in [0.29, 0.717) is 0 Å². The molecule has 0 aliphatic rings. The van der Waals surface area contributed by atoms with Crippen LogP contribution >= 0.6 is 11.8 Å². The summed E-state index contributed by atoms with van der Waals surface area (Å²) < 4.78 is 38.1. The van der Waals surface area contributed by atoms with Crippen LogP contribution in [0.15, 0.2) is 24.3 Å². The van der Waals surface area contributed by atoms with Crippen LogP contribution in [-0.2, 0) is 11.0 Å². The van der Waals surface area contributed by atoms with Crippen LogP contribution in [0.2, 0.25) is 0 Å². The van der Waals surface area contributed by atoms with Gasteiger partial charge in [-0.1, -0.05) is 6.07 Å². The third kappa shape index (κ3) is 5.16. The van der Waals surface area contributed by atoms with Crippen LogP contribution < -0.4 is 5.32 Å². The number of nitriles is 1. The van der Waals surface area contributed by atoms with Crippen LogP contribution in [0.25, 0.3) is 0 Å². The number of thioether (sulfide) groups is 1. The Morgan fingerprint density at radius 1 is 1.42 bits per heavy atom. The quantitative estimate of drug-likeness (QED) is 0.626. The molecule has 0 saturated heterocycles. The molecule has 1 N–H and O–H groups in total. The largest absolute Gasteiger partial charge is 0.416 e. The highest BCUT2D eigenvalue weighted by Gasteiger charge is 2.31. The number of amides is 2. The van der Waals surface area contributed by atoms with Gasteiger partial charge in [-0.25, -0.2) is 4.90 Å². The second kappa shape index (κ2) is 8.59. The van der Waals surface area contributed by atoms with E-state index in [0.717, 1.165) is 23.1 Å². The van der Waals surface area contributed by atoms with Gasteiger partial charge in [0.15, 0.2) is 6.19 Å². The highest BCUT2D eigenvalue weighted by atomic mass is 32.2. The van der Waals surface area contributed by atoms with Crippen molar-refractivity contribution in [3.63, 3.8) is 0 Å². The first-order valence-electron chi connectivity index (χ1n) is 6.92. The molecule has 0 aliphatic carbocycles. The molecule has 1 aromatic rings. The van der Waals surface area contributed by atoms with Gasteiger partial charge in [-0.05, 0) is 31.4 Å². The summed E-state index contributed by atoms with van der Waals surface area (Å²) in [5.74, 6) is -1.21. The average molecular weight is 359 g/mol. The van der Waals surface area contributed by atoms with Gasteiger partial charge in [0.2, 0.25) is 0 Å². The van der Waals surface area contributed by atoms with Crippen molar-refractivity contribution in [2.24, 2.45) is 0 Å². The summed E-state index contributed by atoms with van der Waals surface area (Å²) in [7, 11) is 0. The Morgan fingerprint density at radius 2 is 2.08 bits per heavy atom. The van der Waals surface area contributed by atoms with E-state index < -0.39 is 29.6 Å². The van der Waals surface area contributed by atoms with Crippen molar-refractivity contribution >= 4 is 23.6 Å². The molecular weight excluding hydrogens is 343 g/mol. The number of rotatable bonds is 6. The molecule has 1 rings (SSSR count). The van der Waals surface area contributed by atoms with Gasteiger partial charge in [0.1, 0.15) is 6.04 Å². The molecule has 1 atom stereocenters. The van der Waals surface area contributed by atoms with Crippen molar-refractivity contribution in [2.75, 3.05) is 18.6 Å². The molecule has 24 heavy (non-hydrogen) atoms. The van der Waals surface area contributed by atoms with E-state index >= 15 is 0 Å². The summed E-state index contributed by atoms with van der Waals surface area (Å²) in [6.45, 7) is 1.74. The van der Waals surface area contributed by atoms with E-state index in [2.05, 4.69) is 5.32 Å². The second-order valence-electron chi connectivity index (χ2n) is 4.74. The molecule has 0 heterocycles. The van der Waals surface area contributed by atoms with E-state index in [1.165, 1.54) is 17.8 Å². The molecule has 0 bridgehead atoms. The first-order chi connectivity index (χ1) is 11.2. The smallest absolute Gasteiger partial charge is 0.339 e. The molecule has 0 saturated carbocycles. The number of carbonyl (C=O) groups excluding carboxylic acids is 2. The normalized spacial score (nSPS) is 12.2. The molecule has 130 valence electrons. The minimum Gasteiger partial charge on any atom is -0.339 e. The summed E-state index contributed by atoms with van der Waals surface area (Å²) in [5, 5.41) is 11.3. The van der Waals surface area contributed by atoms with Gasteiger partial charge in [-0.2, -0.15) is 30.2 Å². The highest BCUT2D eigenvalue weighted by molar-refractivity contribution is 7.98. The SMILES string of the molecule is CCN(C#N)C(=O)C(CSC)NC(=O)c1cccc(C(F)(F)F)c1. The number of nitrogens with zero attached hydrogens (tertiary/aromatic N) is 2. The van der Waals surface area contributed by atoms with Crippen LogP contribution in [-0.4, -0.2) is 41.3 Å². The van der Waals surface area contributed by atoms with Gasteiger partial charge in [-0.15, -0.1) is 0 Å². The van der Waals surface area contributed by atoms with E-state index in [9.17, 15) is 22.8 Å². The number of carbonyl (C=O) groups is 2. The Morgan fingerprint density at radius 3 is 2.58 bits per heavy atom. The standard InChI is InChI=1S/C15H16F3N3O2S/c1-3-21(9-19)14(23)12(8-24-2)20-13(22)10-5-4-6-11(7-10)15(16,17)18/h4-7,12H,3,8H2,1-2H3,(H,20,22). The molecule has 0 radical (unpaired) electrons. The molecule has 1 unspecified atom stereocenters. The number of halogens is 3. The Balaban J connectivity index is 2.98. The zero-order valence-electron chi connectivity index (χ0n) is 13.1. The van der Waals surface area contributed by atoms with Gasteiger partial charge in [0, 0.05) is 17.9 Å². The Hall–Kier alpha value is -2.21. The van der Waals surface area contributed by atoms with Crippen LogP contribution in [0.4, 0.5) is 13.2 Å². The Bertz CT molecular complexity index is 644. The topological polar surface area (TPSA) is 73.2 Å². The number of benzene rings is 1. The fourth-order valence-corrected chi connectivity index (χ4v) is 2.44.